The third kappa shape index (κ3) is 4.19. The molecule has 4 rings (SSSR count). The highest BCUT2D eigenvalue weighted by Gasteiger charge is 2.19. The SMILES string of the molecule is C[C@@H](OC(=O)c1ccc(COc2ccccc2)o1)c1nc2ccccc2c(=O)[nH]1. The summed E-state index contributed by atoms with van der Waals surface area (Å²) in [6.07, 6.45) is -0.756. The molecule has 1 atom stereocenters. The van der Waals surface area contributed by atoms with Crippen LogP contribution >= 0.6 is 0 Å². The Balaban J connectivity index is 1.43. The molecule has 0 aliphatic heterocycles. The molecule has 0 aliphatic carbocycles. The first-order valence-electron chi connectivity index (χ1n) is 9.06. The summed E-state index contributed by atoms with van der Waals surface area (Å²) < 4.78 is 16.5. The van der Waals surface area contributed by atoms with E-state index in [0.717, 1.165) is 0 Å². The summed E-state index contributed by atoms with van der Waals surface area (Å²) >= 11 is 0. The van der Waals surface area contributed by atoms with Gasteiger partial charge in [0.05, 0.1) is 10.9 Å². The van der Waals surface area contributed by atoms with Crippen molar-refractivity contribution in [3.8, 4) is 5.75 Å². The highest BCUT2D eigenvalue weighted by atomic mass is 16.6. The number of aromatic amines is 1. The number of H-pyrrole nitrogens is 1. The predicted octanol–water partition coefficient (Wildman–Crippen LogP) is 4.01. The average molecular weight is 390 g/mol. The van der Waals surface area contributed by atoms with Crippen LogP contribution in [0.2, 0.25) is 0 Å². The van der Waals surface area contributed by atoms with Gasteiger partial charge in [0.25, 0.3) is 5.56 Å². The van der Waals surface area contributed by atoms with Crippen LogP contribution < -0.4 is 10.3 Å². The number of fused-ring (bicyclic) bond motifs is 1. The maximum atomic E-state index is 12.4. The van der Waals surface area contributed by atoms with Crippen molar-refractivity contribution in [3.05, 3.63) is 94.4 Å². The van der Waals surface area contributed by atoms with Crippen molar-refractivity contribution in [1.29, 1.82) is 0 Å². The number of benzene rings is 2. The topological polar surface area (TPSA) is 94.4 Å². The summed E-state index contributed by atoms with van der Waals surface area (Å²) in [4.78, 5) is 31.6. The van der Waals surface area contributed by atoms with Gasteiger partial charge in [-0.2, -0.15) is 0 Å². The summed E-state index contributed by atoms with van der Waals surface area (Å²) in [5.74, 6) is 0.853. The van der Waals surface area contributed by atoms with Crippen LogP contribution in [0.15, 0.2) is 75.9 Å². The number of carbonyl (C=O) groups is 1. The maximum Gasteiger partial charge on any atom is 0.374 e. The molecule has 0 saturated carbocycles. The molecule has 0 amide bonds. The van der Waals surface area contributed by atoms with Crippen LogP contribution in [0.4, 0.5) is 0 Å². The van der Waals surface area contributed by atoms with Crippen LogP contribution in [0, 0.1) is 0 Å². The predicted molar refractivity (Wildman–Crippen MR) is 106 cm³/mol. The molecule has 0 saturated heterocycles. The molecule has 29 heavy (non-hydrogen) atoms. The van der Waals surface area contributed by atoms with Crippen molar-refractivity contribution in [1.82, 2.24) is 9.97 Å². The van der Waals surface area contributed by atoms with Gasteiger partial charge in [-0.3, -0.25) is 4.79 Å². The fraction of sp³-hybridized carbons (Fsp3) is 0.136. The molecular formula is C22H18N2O5. The molecule has 0 unspecified atom stereocenters. The Labute approximate surface area is 165 Å². The lowest BCUT2D eigenvalue weighted by molar-refractivity contribution is 0.0280. The van der Waals surface area contributed by atoms with Crippen molar-refractivity contribution in [2.75, 3.05) is 0 Å². The maximum absolute atomic E-state index is 12.4. The number of aromatic nitrogens is 2. The Morgan fingerprint density at radius 3 is 2.66 bits per heavy atom. The zero-order valence-corrected chi connectivity index (χ0v) is 15.6. The lowest BCUT2D eigenvalue weighted by atomic mass is 10.2. The van der Waals surface area contributed by atoms with Crippen LogP contribution in [0.5, 0.6) is 5.75 Å². The van der Waals surface area contributed by atoms with Crippen LogP contribution in [0.3, 0.4) is 0 Å². The Kier molecular flexibility index (Phi) is 5.11. The van der Waals surface area contributed by atoms with Gasteiger partial charge in [-0.1, -0.05) is 30.3 Å². The largest absolute Gasteiger partial charge is 0.486 e. The van der Waals surface area contributed by atoms with Crippen LogP contribution in [0.1, 0.15) is 35.2 Å². The van der Waals surface area contributed by atoms with Gasteiger partial charge < -0.3 is 18.9 Å². The van der Waals surface area contributed by atoms with Crippen molar-refractivity contribution in [2.24, 2.45) is 0 Å². The minimum absolute atomic E-state index is 0.0478. The van der Waals surface area contributed by atoms with E-state index in [1.807, 2.05) is 30.3 Å². The van der Waals surface area contributed by atoms with Gasteiger partial charge >= 0.3 is 5.97 Å². The first kappa shape index (κ1) is 18.5. The first-order chi connectivity index (χ1) is 14.1. The molecule has 2 heterocycles. The number of furan rings is 1. The summed E-state index contributed by atoms with van der Waals surface area (Å²) in [6, 6.07) is 19.4. The van der Waals surface area contributed by atoms with Gasteiger partial charge in [-0.15, -0.1) is 0 Å². The van der Waals surface area contributed by atoms with Gasteiger partial charge in [0, 0.05) is 0 Å². The quantitative estimate of drug-likeness (QED) is 0.500. The molecular weight excluding hydrogens is 372 g/mol. The Morgan fingerprint density at radius 2 is 1.83 bits per heavy atom. The number of carbonyl (C=O) groups excluding carboxylic acids is 1. The third-order valence-corrected chi connectivity index (χ3v) is 4.29. The zero-order chi connectivity index (χ0) is 20.2. The second-order valence-electron chi connectivity index (χ2n) is 6.38. The van der Waals surface area contributed by atoms with E-state index < -0.39 is 12.1 Å². The average Bonchev–Trinajstić information content (AvgIpc) is 3.22. The fourth-order valence-electron chi connectivity index (χ4n) is 2.81. The molecule has 4 aromatic rings. The molecule has 2 aromatic carbocycles. The summed E-state index contributed by atoms with van der Waals surface area (Å²) in [7, 11) is 0. The van der Waals surface area contributed by atoms with Gasteiger partial charge in [0.15, 0.2) is 11.9 Å². The minimum Gasteiger partial charge on any atom is -0.486 e. The Bertz CT molecular complexity index is 1200. The van der Waals surface area contributed by atoms with Gasteiger partial charge in [0.1, 0.15) is 18.1 Å². The first-order valence-corrected chi connectivity index (χ1v) is 9.06. The highest BCUT2D eigenvalue weighted by molar-refractivity contribution is 5.86. The van der Waals surface area contributed by atoms with Crippen molar-refractivity contribution >= 4 is 16.9 Å². The van der Waals surface area contributed by atoms with E-state index in [4.69, 9.17) is 13.9 Å². The number of esters is 1. The molecule has 146 valence electrons. The van der Waals surface area contributed by atoms with E-state index in [-0.39, 0.29) is 23.8 Å². The summed E-state index contributed by atoms with van der Waals surface area (Å²) in [5, 5.41) is 0.476. The van der Waals surface area contributed by atoms with E-state index in [0.29, 0.717) is 22.4 Å². The molecule has 0 radical (unpaired) electrons. The van der Waals surface area contributed by atoms with E-state index in [1.54, 1.807) is 37.3 Å². The van der Waals surface area contributed by atoms with Crippen LogP contribution in [0.25, 0.3) is 10.9 Å². The van der Waals surface area contributed by atoms with E-state index in [2.05, 4.69) is 9.97 Å². The number of ether oxygens (including phenoxy) is 2. The Morgan fingerprint density at radius 1 is 1.07 bits per heavy atom. The number of hydrogen-bond donors (Lipinski definition) is 1. The second kappa shape index (κ2) is 8.02. The fourth-order valence-corrected chi connectivity index (χ4v) is 2.81. The smallest absolute Gasteiger partial charge is 0.374 e. The minimum atomic E-state index is -0.756. The summed E-state index contributed by atoms with van der Waals surface area (Å²) in [6.45, 7) is 1.82. The molecule has 2 aromatic heterocycles. The second-order valence-corrected chi connectivity index (χ2v) is 6.38. The van der Waals surface area contributed by atoms with Crippen molar-refractivity contribution in [3.63, 3.8) is 0 Å². The van der Waals surface area contributed by atoms with E-state index in [9.17, 15) is 9.59 Å². The molecule has 0 bridgehead atoms. The van der Waals surface area contributed by atoms with E-state index >= 15 is 0 Å². The van der Waals surface area contributed by atoms with Gasteiger partial charge in [-0.25, -0.2) is 9.78 Å². The molecule has 7 heteroatoms. The normalized spacial score (nSPS) is 11.9. The zero-order valence-electron chi connectivity index (χ0n) is 15.6. The number of nitrogens with zero attached hydrogens (tertiary/aromatic N) is 1. The standard InChI is InChI=1S/C22H18N2O5/c1-14(20-23-18-10-6-5-9-17(18)21(25)24-20)28-22(26)19-12-11-16(29-19)13-27-15-7-3-2-4-8-15/h2-12,14H,13H2,1H3,(H,23,24,25)/t14-/m1/s1. The highest BCUT2D eigenvalue weighted by Crippen LogP contribution is 2.19. The lowest BCUT2D eigenvalue weighted by Crippen LogP contribution is -2.17. The molecule has 7 nitrogen and oxygen atoms in total. The summed E-state index contributed by atoms with van der Waals surface area (Å²) in [5.41, 5.74) is 0.249. The third-order valence-electron chi connectivity index (χ3n) is 4.29. The number of nitrogens with one attached hydrogen (secondary N) is 1. The van der Waals surface area contributed by atoms with Crippen molar-refractivity contribution < 1.29 is 18.7 Å². The van der Waals surface area contributed by atoms with Crippen molar-refractivity contribution in [2.45, 2.75) is 19.6 Å². The molecule has 1 N–H and O–H groups in total. The number of para-hydroxylation sites is 2. The van der Waals surface area contributed by atoms with Gasteiger partial charge in [-0.05, 0) is 43.3 Å². The molecule has 0 spiro atoms. The van der Waals surface area contributed by atoms with E-state index in [1.165, 1.54) is 6.07 Å². The van der Waals surface area contributed by atoms with Crippen LogP contribution in [-0.2, 0) is 11.3 Å². The number of hydrogen-bond acceptors (Lipinski definition) is 6. The molecule has 0 fully saturated rings. The lowest BCUT2D eigenvalue weighted by Gasteiger charge is -2.12. The molecule has 0 aliphatic rings. The van der Waals surface area contributed by atoms with Crippen LogP contribution in [-0.4, -0.2) is 15.9 Å². The van der Waals surface area contributed by atoms with Gasteiger partial charge in [0.2, 0.25) is 5.76 Å². The number of rotatable bonds is 6. The monoisotopic (exact) mass is 390 g/mol. The Hall–Kier alpha value is -3.87.